The molecule has 1 rings (SSSR count). The first kappa shape index (κ1) is 14.8. The predicted octanol–water partition coefficient (Wildman–Crippen LogP) is 4.26. The summed E-state index contributed by atoms with van der Waals surface area (Å²) >= 11 is 9.27. The summed E-state index contributed by atoms with van der Waals surface area (Å²) < 4.78 is 6.53. The lowest BCUT2D eigenvalue weighted by Gasteiger charge is -2.09. The molecule has 0 spiro atoms. The third-order valence-electron chi connectivity index (χ3n) is 2.39. The van der Waals surface area contributed by atoms with Crippen LogP contribution in [0.1, 0.15) is 26.2 Å². The van der Waals surface area contributed by atoms with Crippen LogP contribution in [0.3, 0.4) is 0 Å². The molecule has 0 aliphatic carbocycles. The molecule has 0 unspecified atom stereocenters. The highest BCUT2D eigenvalue weighted by Gasteiger charge is 2.01. The molecular formula is C13H19BrClNO. The largest absolute Gasteiger partial charge is 0.491 e. The van der Waals surface area contributed by atoms with Gasteiger partial charge in [-0.15, -0.1) is 0 Å². The van der Waals surface area contributed by atoms with Gasteiger partial charge in [-0.2, -0.15) is 0 Å². The third kappa shape index (κ3) is 6.29. The Morgan fingerprint density at radius 2 is 2.12 bits per heavy atom. The molecule has 0 saturated carbocycles. The topological polar surface area (TPSA) is 21.3 Å². The molecule has 0 fully saturated rings. The molecule has 0 aliphatic heterocycles. The van der Waals surface area contributed by atoms with Crippen molar-refractivity contribution >= 4 is 27.5 Å². The highest BCUT2D eigenvalue weighted by Crippen LogP contribution is 2.27. The van der Waals surface area contributed by atoms with Crippen LogP contribution in [0.25, 0.3) is 0 Å². The Morgan fingerprint density at radius 3 is 2.82 bits per heavy atom. The van der Waals surface area contributed by atoms with E-state index in [9.17, 15) is 0 Å². The van der Waals surface area contributed by atoms with Crippen LogP contribution in [0, 0.1) is 0 Å². The van der Waals surface area contributed by atoms with E-state index in [1.807, 2.05) is 18.2 Å². The van der Waals surface area contributed by atoms with Crippen LogP contribution in [-0.2, 0) is 0 Å². The fourth-order valence-electron chi connectivity index (χ4n) is 1.45. The van der Waals surface area contributed by atoms with Gasteiger partial charge < -0.3 is 10.1 Å². The number of nitrogens with one attached hydrogen (secondary N) is 1. The summed E-state index contributed by atoms with van der Waals surface area (Å²) in [6.45, 7) is 4.82. The standard InChI is InChI=1S/C13H19BrClNO/c1-2-3-4-7-16-8-9-17-13-6-5-11(15)10-12(13)14/h5-6,10,16H,2-4,7-9H2,1H3. The van der Waals surface area contributed by atoms with Gasteiger partial charge in [0.15, 0.2) is 0 Å². The maximum absolute atomic E-state index is 5.85. The molecule has 0 heterocycles. The van der Waals surface area contributed by atoms with E-state index in [1.165, 1.54) is 19.3 Å². The van der Waals surface area contributed by atoms with Crippen LogP contribution < -0.4 is 10.1 Å². The van der Waals surface area contributed by atoms with Crippen molar-refractivity contribution in [1.82, 2.24) is 5.32 Å². The van der Waals surface area contributed by atoms with Crippen LogP contribution in [0.4, 0.5) is 0 Å². The first-order chi connectivity index (χ1) is 8.24. The second kappa shape index (κ2) is 8.78. The maximum Gasteiger partial charge on any atom is 0.133 e. The van der Waals surface area contributed by atoms with Gasteiger partial charge in [0.05, 0.1) is 4.47 Å². The van der Waals surface area contributed by atoms with Crippen molar-refractivity contribution < 1.29 is 4.74 Å². The predicted molar refractivity (Wildman–Crippen MR) is 77.0 cm³/mol. The summed E-state index contributed by atoms with van der Waals surface area (Å²) in [5.41, 5.74) is 0. The van der Waals surface area contributed by atoms with Gasteiger partial charge in [0.2, 0.25) is 0 Å². The molecule has 0 aromatic heterocycles. The fourth-order valence-corrected chi connectivity index (χ4v) is 2.25. The van der Waals surface area contributed by atoms with Crippen molar-refractivity contribution in [2.45, 2.75) is 26.2 Å². The zero-order valence-electron chi connectivity index (χ0n) is 10.1. The van der Waals surface area contributed by atoms with Crippen molar-refractivity contribution in [3.05, 3.63) is 27.7 Å². The van der Waals surface area contributed by atoms with Crippen LogP contribution in [0.15, 0.2) is 22.7 Å². The lowest BCUT2D eigenvalue weighted by atomic mass is 10.2. The summed E-state index contributed by atoms with van der Waals surface area (Å²) in [4.78, 5) is 0. The molecule has 0 atom stereocenters. The Balaban J connectivity index is 2.14. The van der Waals surface area contributed by atoms with Crippen molar-refractivity contribution in [1.29, 1.82) is 0 Å². The van der Waals surface area contributed by atoms with Crippen molar-refractivity contribution in [2.75, 3.05) is 19.7 Å². The number of halogens is 2. The van der Waals surface area contributed by atoms with E-state index in [2.05, 4.69) is 28.2 Å². The van der Waals surface area contributed by atoms with E-state index in [4.69, 9.17) is 16.3 Å². The molecule has 1 aromatic rings. The molecule has 17 heavy (non-hydrogen) atoms. The summed E-state index contributed by atoms with van der Waals surface area (Å²) in [6.07, 6.45) is 3.79. The van der Waals surface area contributed by atoms with E-state index >= 15 is 0 Å². The van der Waals surface area contributed by atoms with Crippen LogP contribution in [-0.4, -0.2) is 19.7 Å². The Hall–Kier alpha value is -0.250. The lowest BCUT2D eigenvalue weighted by Crippen LogP contribution is -2.22. The molecule has 2 nitrogen and oxygen atoms in total. The number of hydrogen-bond donors (Lipinski definition) is 1. The summed E-state index contributed by atoms with van der Waals surface area (Å²) in [5, 5.41) is 4.07. The van der Waals surface area contributed by atoms with E-state index in [0.717, 1.165) is 23.3 Å². The summed E-state index contributed by atoms with van der Waals surface area (Å²) in [7, 11) is 0. The molecule has 4 heteroatoms. The quantitative estimate of drug-likeness (QED) is 0.723. The Morgan fingerprint density at radius 1 is 1.29 bits per heavy atom. The molecule has 0 aliphatic rings. The highest BCUT2D eigenvalue weighted by molar-refractivity contribution is 9.10. The minimum Gasteiger partial charge on any atom is -0.491 e. The molecule has 0 saturated heterocycles. The van der Waals surface area contributed by atoms with Gasteiger partial charge in [-0.3, -0.25) is 0 Å². The van der Waals surface area contributed by atoms with Gasteiger partial charge in [0.25, 0.3) is 0 Å². The molecule has 1 aromatic carbocycles. The first-order valence-electron chi connectivity index (χ1n) is 6.02. The minimum atomic E-state index is 0.673. The second-order valence-corrected chi connectivity index (χ2v) is 5.17. The summed E-state index contributed by atoms with van der Waals surface area (Å²) in [5.74, 6) is 0.838. The van der Waals surface area contributed by atoms with E-state index < -0.39 is 0 Å². The Labute approximate surface area is 117 Å². The Kier molecular flexibility index (Phi) is 7.65. The van der Waals surface area contributed by atoms with E-state index in [-0.39, 0.29) is 0 Å². The zero-order chi connectivity index (χ0) is 12.5. The first-order valence-corrected chi connectivity index (χ1v) is 7.19. The smallest absolute Gasteiger partial charge is 0.133 e. The van der Waals surface area contributed by atoms with Gasteiger partial charge in [0, 0.05) is 11.6 Å². The van der Waals surface area contributed by atoms with E-state index in [1.54, 1.807) is 0 Å². The van der Waals surface area contributed by atoms with Gasteiger partial charge in [-0.25, -0.2) is 0 Å². The second-order valence-electron chi connectivity index (χ2n) is 3.88. The number of rotatable bonds is 8. The minimum absolute atomic E-state index is 0.673. The number of ether oxygens (including phenoxy) is 1. The average Bonchev–Trinajstić information content (AvgIpc) is 2.30. The molecule has 0 radical (unpaired) electrons. The van der Waals surface area contributed by atoms with Crippen molar-refractivity contribution in [3.8, 4) is 5.75 Å². The summed E-state index contributed by atoms with van der Waals surface area (Å²) in [6, 6.07) is 5.55. The van der Waals surface area contributed by atoms with Gasteiger partial charge in [-0.1, -0.05) is 31.4 Å². The number of hydrogen-bond acceptors (Lipinski definition) is 2. The van der Waals surface area contributed by atoms with Crippen LogP contribution in [0.5, 0.6) is 5.75 Å². The van der Waals surface area contributed by atoms with Crippen LogP contribution in [0.2, 0.25) is 5.02 Å². The number of benzene rings is 1. The molecule has 1 N–H and O–H groups in total. The highest BCUT2D eigenvalue weighted by atomic mass is 79.9. The molecular weight excluding hydrogens is 302 g/mol. The third-order valence-corrected chi connectivity index (χ3v) is 3.24. The Bertz CT molecular complexity index is 333. The molecule has 96 valence electrons. The lowest BCUT2D eigenvalue weighted by molar-refractivity contribution is 0.312. The van der Waals surface area contributed by atoms with Gasteiger partial charge in [0.1, 0.15) is 12.4 Å². The zero-order valence-corrected chi connectivity index (χ0v) is 12.5. The molecule has 0 bridgehead atoms. The fraction of sp³-hybridized carbons (Fsp3) is 0.538. The van der Waals surface area contributed by atoms with Crippen molar-refractivity contribution in [2.24, 2.45) is 0 Å². The van der Waals surface area contributed by atoms with Gasteiger partial charge in [-0.05, 0) is 47.1 Å². The van der Waals surface area contributed by atoms with E-state index in [0.29, 0.717) is 11.6 Å². The monoisotopic (exact) mass is 319 g/mol. The maximum atomic E-state index is 5.85. The van der Waals surface area contributed by atoms with Crippen molar-refractivity contribution in [3.63, 3.8) is 0 Å². The normalized spacial score (nSPS) is 10.5. The van der Waals surface area contributed by atoms with Crippen LogP contribution >= 0.6 is 27.5 Å². The van der Waals surface area contributed by atoms with Gasteiger partial charge >= 0.3 is 0 Å². The SMILES string of the molecule is CCCCCNCCOc1ccc(Cl)cc1Br. The molecule has 0 amide bonds. The number of unbranched alkanes of at least 4 members (excludes halogenated alkanes) is 2. The average molecular weight is 321 g/mol.